The highest BCUT2D eigenvalue weighted by atomic mass is 32.2. The van der Waals surface area contributed by atoms with Crippen molar-refractivity contribution >= 4 is 27.2 Å². The number of nitrogens with two attached hydrogens (primary N) is 1. The molecule has 3 heterocycles. The number of aromatic nitrogens is 2. The van der Waals surface area contributed by atoms with E-state index in [9.17, 15) is 22.8 Å². The Balaban J connectivity index is 2.08. The topological polar surface area (TPSA) is 148 Å². The van der Waals surface area contributed by atoms with Crippen molar-refractivity contribution in [3.8, 4) is 0 Å². The van der Waals surface area contributed by atoms with Gasteiger partial charge in [-0.2, -0.15) is 0 Å². The number of carbonyl (C=O) groups excluding carboxylic acids is 1. The van der Waals surface area contributed by atoms with Crippen LogP contribution < -0.4 is 21.9 Å². The smallest absolute Gasteiger partial charge is 0.330 e. The molecule has 1 aliphatic rings. The number of sulfone groups is 1. The van der Waals surface area contributed by atoms with Crippen LogP contribution in [-0.4, -0.2) is 35.4 Å². The number of carbonyl (C=O) groups is 1. The second-order valence-corrected chi connectivity index (χ2v) is 9.33. The van der Waals surface area contributed by atoms with Gasteiger partial charge in [0, 0.05) is 6.54 Å². The lowest BCUT2D eigenvalue weighted by Crippen LogP contribution is -2.43. The second kappa shape index (κ2) is 8.27. The summed E-state index contributed by atoms with van der Waals surface area (Å²) in [6.07, 6.45) is 3.05. The first kappa shape index (κ1) is 20.9. The average molecular weight is 424 g/mol. The number of anilines is 2. The Morgan fingerprint density at radius 2 is 2.17 bits per heavy atom. The fraction of sp³-hybridized carbons (Fsp3) is 0.500. The van der Waals surface area contributed by atoms with E-state index in [1.165, 1.54) is 10.8 Å². The minimum absolute atomic E-state index is 0.0835. The summed E-state index contributed by atoms with van der Waals surface area (Å²) < 4.78 is 30.2. The number of amides is 1. The number of rotatable bonds is 7. The number of aromatic amines is 1. The number of hydrogen-bond acceptors (Lipinski definition) is 7. The van der Waals surface area contributed by atoms with Gasteiger partial charge < -0.3 is 10.2 Å². The molecule has 0 radical (unpaired) electrons. The predicted octanol–water partition coefficient (Wildman–Crippen LogP) is 0.480. The van der Waals surface area contributed by atoms with E-state index >= 15 is 0 Å². The Morgan fingerprint density at radius 1 is 1.41 bits per heavy atom. The molecule has 158 valence electrons. The van der Waals surface area contributed by atoms with Crippen LogP contribution in [0.4, 0.5) is 11.5 Å². The van der Waals surface area contributed by atoms with Gasteiger partial charge in [-0.1, -0.05) is 13.3 Å². The molecule has 0 spiro atoms. The maximum atomic E-state index is 13.2. The number of nitrogens with one attached hydrogen (secondary N) is 1. The molecule has 10 nitrogen and oxygen atoms in total. The van der Waals surface area contributed by atoms with Crippen molar-refractivity contribution in [3.05, 3.63) is 45.0 Å². The van der Waals surface area contributed by atoms with Crippen LogP contribution in [0, 0.1) is 5.92 Å². The second-order valence-electron chi connectivity index (χ2n) is 7.10. The zero-order valence-corrected chi connectivity index (χ0v) is 16.9. The summed E-state index contributed by atoms with van der Waals surface area (Å²) >= 11 is 0. The Hall–Kier alpha value is -2.82. The number of furan rings is 1. The summed E-state index contributed by atoms with van der Waals surface area (Å²) in [5, 5.41) is 0. The van der Waals surface area contributed by atoms with Crippen molar-refractivity contribution in [2.75, 3.05) is 22.1 Å². The van der Waals surface area contributed by atoms with Gasteiger partial charge in [-0.05, 0) is 25.0 Å². The summed E-state index contributed by atoms with van der Waals surface area (Å²) in [6.45, 7) is 2.12. The maximum Gasteiger partial charge on any atom is 0.330 e. The molecule has 1 unspecified atom stereocenters. The van der Waals surface area contributed by atoms with E-state index in [1.807, 2.05) is 6.92 Å². The van der Waals surface area contributed by atoms with Crippen LogP contribution in [-0.2, 0) is 27.7 Å². The van der Waals surface area contributed by atoms with E-state index in [2.05, 4.69) is 4.98 Å². The summed E-state index contributed by atoms with van der Waals surface area (Å²) in [6, 6.07) is 3.26. The van der Waals surface area contributed by atoms with Gasteiger partial charge in [-0.3, -0.25) is 24.0 Å². The molecule has 0 aliphatic carbocycles. The fourth-order valence-corrected chi connectivity index (χ4v) is 5.14. The molecule has 1 fully saturated rings. The van der Waals surface area contributed by atoms with Crippen LogP contribution in [0.5, 0.6) is 0 Å². The maximum absolute atomic E-state index is 13.2. The molecule has 1 atom stereocenters. The third kappa shape index (κ3) is 4.44. The Bertz CT molecular complexity index is 1100. The largest absolute Gasteiger partial charge is 0.467 e. The van der Waals surface area contributed by atoms with Crippen molar-refractivity contribution in [1.29, 1.82) is 0 Å². The van der Waals surface area contributed by atoms with Crippen LogP contribution in [0.3, 0.4) is 0 Å². The molecule has 3 rings (SSSR count). The van der Waals surface area contributed by atoms with E-state index in [0.717, 1.165) is 11.3 Å². The molecule has 3 N–H and O–H groups in total. The number of unbranched alkanes of at least 4 members (excludes halogenated alkanes) is 1. The number of nitrogens with zero attached hydrogens (tertiary/aromatic N) is 2. The lowest BCUT2D eigenvalue weighted by Gasteiger charge is -2.26. The molecular weight excluding hydrogens is 400 g/mol. The van der Waals surface area contributed by atoms with Gasteiger partial charge in [0.25, 0.3) is 5.56 Å². The van der Waals surface area contributed by atoms with Crippen molar-refractivity contribution in [1.82, 2.24) is 9.55 Å². The molecule has 0 aromatic carbocycles. The Kier molecular flexibility index (Phi) is 5.96. The van der Waals surface area contributed by atoms with E-state index in [0.29, 0.717) is 12.2 Å². The normalized spacial score (nSPS) is 18.0. The summed E-state index contributed by atoms with van der Waals surface area (Å²) in [7, 11) is -3.31. The van der Waals surface area contributed by atoms with Gasteiger partial charge in [0.05, 0.1) is 30.2 Å². The summed E-state index contributed by atoms with van der Waals surface area (Å²) in [4.78, 5) is 41.3. The SMILES string of the molecule is CCCCn1c(N)c(N(Cc2ccco2)C(=O)C2CCS(=O)(=O)C2)c(=O)[nH]c1=O. The zero-order valence-electron chi connectivity index (χ0n) is 16.1. The molecule has 29 heavy (non-hydrogen) atoms. The summed E-state index contributed by atoms with van der Waals surface area (Å²) in [5.41, 5.74) is 4.51. The minimum Gasteiger partial charge on any atom is -0.467 e. The van der Waals surface area contributed by atoms with E-state index < -0.39 is 32.9 Å². The first-order chi connectivity index (χ1) is 13.7. The monoisotopic (exact) mass is 424 g/mol. The highest BCUT2D eigenvalue weighted by molar-refractivity contribution is 7.91. The van der Waals surface area contributed by atoms with Crippen molar-refractivity contribution < 1.29 is 17.6 Å². The van der Waals surface area contributed by atoms with Gasteiger partial charge in [0.1, 0.15) is 11.6 Å². The molecule has 2 aromatic rings. The first-order valence-corrected chi connectivity index (χ1v) is 11.2. The number of nitrogen functional groups attached to an aromatic ring is 1. The standard InChI is InChI=1S/C18H24N4O6S/c1-2-3-7-21-15(19)14(16(23)20-18(21)25)22(10-13-5-4-8-28-13)17(24)12-6-9-29(26,27)11-12/h4-5,8,12H,2-3,6-7,9-11,19H2,1H3,(H,20,23,25). The molecule has 1 saturated heterocycles. The van der Waals surface area contributed by atoms with E-state index in [1.54, 1.807) is 12.1 Å². The van der Waals surface area contributed by atoms with E-state index in [4.69, 9.17) is 10.2 Å². The molecular formula is C18H24N4O6S. The highest BCUT2D eigenvalue weighted by Crippen LogP contribution is 2.27. The average Bonchev–Trinajstić information content (AvgIpc) is 3.29. The van der Waals surface area contributed by atoms with Crippen LogP contribution in [0.25, 0.3) is 0 Å². The number of hydrogen-bond donors (Lipinski definition) is 2. The molecule has 11 heteroatoms. The molecule has 2 aromatic heterocycles. The third-order valence-corrected chi connectivity index (χ3v) is 6.73. The van der Waals surface area contributed by atoms with Gasteiger partial charge in [0.2, 0.25) is 5.91 Å². The van der Waals surface area contributed by atoms with Crippen LogP contribution in [0.1, 0.15) is 31.9 Å². The molecule has 0 saturated carbocycles. The van der Waals surface area contributed by atoms with Crippen LogP contribution in [0.15, 0.2) is 32.4 Å². The van der Waals surface area contributed by atoms with Gasteiger partial charge in [0.15, 0.2) is 15.5 Å². The van der Waals surface area contributed by atoms with Crippen molar-refractivity contribution in [3.63, 3.8) is 0 Å². The zero-order chi connectivity index (χ0) is 21.2. The summed E-state index contributed by atoms with van der Waals surface area (Å²) in [5.74, 6) is -1.43. The lowest BCUT2D eigenvalue weighted by molar-refractivity contribution is -0.121. The molecule has 1 amide bonds. The highest BCUT2D eigenvalue weighted by Gasteiger charge is 2.37. The van der Waals surface area contributed by atoms with Gasteiger partial charge >= 0.3 is 5.69 Å². The minimum atomic E-state index is -3.31. The van der Waals surface area contributed by atoms with Crippen LogP contribution in [0.2, 0.25) is 0 Å². The quantitative estimate of drug-likeness (QED) is 0.656. The third-order valence-electron chi connectivity index (χ3n) is 4.96. The number of H-pyrrole nitrogens is 1. The lowest BCUT2D eigenvalue weighted by atomic mass is 10.1. The van der Waals surface area contributed by atoms with Crippen LogP contribution >= 0.6 is 0 Å². The van der Waals surface area contributed by atoms with Gasteiger partial charge in [-0.25, -0.2) is 13.2 Å². The molecule has 1 aliphatic heterocycles. The Morgan fingerprint density at radius 3 is 2.76 bits per heavy atom. The Labute approximate surface area is 167 Å². The van der Waals surface area contributed by atoms with Crippen molar-refractivity contribution in [2.45, 2.75) is 39.3 Å². The van der Waals surface area contributed by atoms with Gasteiger partial charge in [-0.15, -0.1) is 0 Å². The first-order valence-electron chi connectivity index (χ1n) is 9.40. The predicted molar refractivity (Wildman–Crippen MR) is 107 cm³/mol. The fourth-order valence-electron chi connectivity index (χ4n) is 3.41. The molecule has 0 bridgehead atoms. The van der Waals surface area contributed by atoms with E-state index in [-0.39, 0.29) is 42.5 Å². The van der Waals surface area contributed by atoms with Crippen molar-refractivity contribution in [2.24, 2.45) is 5.92 Å².